The average Bonchev–Trinajstić information content (AvgIpc) is 2.61. The van der Waals surface area contributed by atoms with Crippen LogP contribution in [0, 0.1) is 0 Å². The predicted molar refractivity (Wildman–Crippen MR) is 91.8 cm³/mol. The van der Waals surface area contributed by atoms with E-state index in [0.29, 0.717) is 0 Å². The molecule has 0 rings (SSSR count). The highest BCUT2D eigenvalue weighted by Crippen LogP contribution is 2.01. The van der Waals surface area contributed by atoms with Gasteiger partial charge in [0.05, 0.1) is 19.6 Å². The number of carbonyl (C=O) groups excluding carboxylic acids is 5. The van der Waals surface area contributed by atoms with Gasteiger partial charge in [-0.25, -0.2) is 4.79 Å². The minimum Gasteiger partial charge on any atom is -0.480 e. The second-order valence-corrected chi connectivity index (χ2v) is 5.64. The highest BCUT2D eigenvalue weighted by molar-refractivity contribution is 5.94. The topological polar surface area (TPSA) is 257 Å². The molecule has 0 saturated heterocycles. The number of hydrogen-bond acceptors (Lipinski definition) is 8. The molecule has 0 spiro atoms. The third-order valence-corrected chi connectivity index (χ3v) is 3.35. The first kappa shape index (κ1) is 24.7. The smallest absolute Gasteiger partial charge is 0.326 e. The average molecular weight is 404 g/mol. The first-order valence-corrected chi connectivity index (χ1v) is 8.02. The van der Waals surface area contributed by atoms with Crippen LogP contribution in [0.5, 0.6) is 0 Å². The summed E-state index contributed by atoms with van der Waals surface area (Å²) in [4.78, 5) is 68.8. The maximum absolute atomic E-state index is 12.3. The highest BCUT2D eigenvalue weighted by atomic mass is 16.4. The van der Waals surface area contributed by atoms with E-state index in [0.717, 1.165) is 0 Å². The Labute approximate surface area is 159 Å². The Morgan fingerprint density at radius 2 is 1.36 bits per heavy atom. The van der Waals surface area contributed by atoms with Gasteiger partial charge in [-0.05, 0) is 6.42 Å². The summed E-state index contributed by atoms with van der Waals surface area (Å²) >= 11 is 0. The molecule has 0 saturated carbocycles. The van der Waals surface area contributed by atoms with E-state index in [-0.39, 0.29) is 12.8 Å². The molecule has 0 heterocycles. The molecule has 0 bridgehead atoms. The summed E-state index contributed by atoms with van der Waals surface area (Å²) in [5.74, 6) is -6.11. The highest BCUT2D eigenvalue weighted by Gasteiger charge is 2.30. The number of rotatable bonds is 13. The molecule has 0 aromatic heterocycles. The number of aliphatic hydroxyl groups is 1. The molecule has 0 fully saturated rings. The van der Waals surface area contributed by atoms with Crippen LogP contribution in [0.3, 0.4) is 0 Å². The third-order valence-electron chi connectivity index (χ3n) is 3.35. The second-order valence-electron chi connectivity index (χ2n) is 5.64. The Balaban J connectivity index is 5.27. The minimum atomic E-state index is -1.66. The molecule has 0 aliphatic carbocycles. The lowest BCUT2D eigenvalue weighted by molar-refractivity contribution is -0.144. The molecule has 28 heavy (non-hydrogen) atoms. The quantitative estimate of drug-likeness (QED) is 0.145. The maximum atomic E-state index is 12.3. The maximum Gasteiger partial charge on any atom is 0.326 e. The van der Waals surface area contributed by atoms with Crippen LogP contribution in [0.15, 0.2) is 0 Å². The molecule has 0 aliphatic rings. The zero-order valence-corrected chi connectivity index (χ0v) is 14.8. The van der Waals surface area contributed by atoms with Crippen LogP contribution in [-0.2, 0) is 28.8 Å². The van der Waals surface area contributed by atoms with Crippen molar-refractivity contribution in [1.82, 2.24) is 16.0 Å². The van der Waals surface area contributed by atoms with Gasteiger partial charge in [0.25, 0.3) is 0 Å². The lowest BCUT2D eigenvalue weighted by Crippen LogP contribution is -2.57. The SMILES string of the molecule is NCC(=O)NC(CO)C(=O)NC(CCC(N)=O)C(=O)NC(CC(N)=O)C(=O)O. The number of primary amides is 2. The van der Waals surface area contributed by atoms with Crippen molar-refractivity contribution in [3.05, 3.63) is 0 Å². The van der Waals surface area contributed by atoms with E-state index in [1.165, 1.54) is 0 Å². The van der Waals surface area contributed by atoms with Crippen LogP contribution in [0.1, 0.15) is 19.3 Å². The van der Waals surface area contributed by atoms with Gasteiger partial charge in [-0.2, -0.15) is 0 Å². The fourth-order valence-corrected chi connectivity index (χ4v) is 1.95. The Hall–Kier alpha value is -3.26. The van der Waals surface area contributed by atoms with Crippen molar-refractivity contribution in [3.63, 3.8) is 0 Å². The van der Waals surface area contributed by atoms with Crippen molar-refractivity contribution in [1.29, 1.82) is 0 Å². The Bertz CT molecular complexity index is 625. The molecule has 11 N–H and O–H groups in total. The molecule has 0 radical (unpaired) electrons. The monoisotopic (exact) mass is 404 g/mol. The van der Waals surface area contributed by atoms with Gasteiger partial charge >= 0.3 is 5.97 Å². The van der Waals surface area contributed by atoms with E-state index in [1.807, 2.05) is 5.32 Å². The second kappa shape index (κ2) is 12.2. The Morgan fingerprint density at radius 3 is 1.79 bits per heavy atom. The van der Waals surface area contributed by atoms with E-state index < -0.39 is 73.2 Å². The number of carboxylic acid groups (broad SMARTS) is 1. The van der Waals surface area contributed by atoms with Crippen LogP contribution < -0.4 is 33.2 Å². The molecule has 158 valence electrons. The van der Waals surface area contributed by atoms with Crippen molar-refractivity contribution in [2.45, 2.75) is 37.4 Å². The van der Waals surface area contributed by atoms with E-state index in [4.69, 9.17) is 22.3 Å². The van der Waals surface area contributed by atoms with E-state index in [2.05, 4.69) is 10.6 Å². The minimum absolute atomic E-state index is 0.307. The van der Waals surface area contributed by atoms with Gasteiger partial charge in [-0.1, -0.05) is 0 Å². The molecule has 3 unspecified atom stereocenters. The van der Waals surface area contributed by atoms with Gasteiger partial charge in [-0.15, -0.1) is 0 Å². The first-order valence-electron chi connectivity index (χ1n) is 8.02. The normalized spacial score (nSPS) is 13.5. The Kier molecular flexibility index (Phi) is 10.8. The van der Waals surface area contributed by atoms with E-state index >= 15 is 0 Å². The van der Waals surface area contributed by atoms with Gasteiger partial charge < -0.3 is 43.4 Å². The molecule has 14 heteroatoms. The lowest BCUT2D eigenvalue weighted by atomic mass is 10.1. The van der Waals surface area contributed by atoms with E-state index in [9.17, 15) is 33.9 Å². The predicted octanol–water partition coefficient (Wildman–Crippen LogP) is -5.38. The molecule has 0 aliphatic heterocycles. The van der Waals surface area contributed by atoms with E-state index in [1.54, 1.807) is 0 Å². The fourth-order valence-electron chi connectivity index (χ4n) is 1.95. The summed E-state index contributed by atoms with van der Waals surface area (Å²) in [6, 6.07) is -4.55. The number of aliphatic hydroxyl groups excluding tert-OH is 1. The zero-order chi connectivity index (χ0) is 21.9. The molecule has 3 atom stereocenters. The number of aliphatic carboxylic acids is 1. The lowest BCUT2D eigenvalue weighted by Gasteiger charge is -2.23. The molecule has 5 amide bonds. The molecular weight excluding hydrogens is 380 g/mol. The van der Waals surface area contributed by atoms with Crippen molar-refractivity contribution in [2.24, 2.45) is 17.2 Å². The van der Waals surface area contributed by atoms with Crippen LogP contribution in [0.4, 0.5) is 0 Å². The number of nitrogens with two attached hydrogens (primary N) is 3. The summed E-state index contributed by atoms with van der Waals surface area (Å²) in [6.45, 7) is -1.27. The molecule has 0 aromatic carbocycles. The Morgan fingerprint density at radius 1 is 0.821 bits per heavy atom. The number of nitrogens with one attached hydrogen (secondary N) is 3. The van der Waals surface area contributed by atoms with Crippen molar-refractivity contribution < 1.29 is 39.0 Å². The van der Waals surface area contributed by atoms with Gasteiger partial charge in [0.1, 0.15) is 18.1 Å². The largest absolute Gasteiger partial charge is 0.480 e. The van der Waals surface area contributed by atoms with Gasteiger partial charge in [-0.3, -0.25) is 24.0 Å². The standard InChI is InChI=1S/C14H24N6O8/c15-4-11(24)18-8(5-21)13(26)19-6(1-2-9(16)22)12(25)20-7(14(27)28)3-10(17)23/h6-8,21H,1-5,15H2,(H2,16,22)(H2,17,23)(H,18,24)(H,19,26)(H,20,25)(H,27,28). The molecule has 14 nitrogen and oxygen atoms in total. The number of amides is 5. The van der Waals surface area contributed by atoms with Gasteiger partial charge in [0, 0.05) is 6.42 Å². The van der Waals surface area contributed by atoms with Crippen LogP contribution in [-0.4, -0.2) is 77.0 Å². The number of carbonyl (C=O) groups is 6. The van der Waals surface area contributed by atoms with Crippen LogP contribution in [0.25, 0.3) is 0 Å². The zero-order valence-electron chi connectivity index (χ0n) is 14.8. The van der Waals surface area contributed by atoms with Crippen LogP contribution >= 0.6 is 0 Å². The molecule has 0 aromatic rings. The number of carboxylic acids is 1. The summed E-state index contributed by atoms with van der Waals surface area (Å²) < 4.78 is 0. The first-order chi connectivity index (χ1) is 13.0. The summed E-state index contributed by atoms with van der Waals surface area (Å²) in [7, 11) is 0. The number of hydrogen-bond donors (Lipinski definition) is 8. The summed E-state index contributed by atoms with van der Waals surface area (Å²) in [5, 5.41) is 24.5. The molecular formula is C14H24N6O8. The summed E-state index contributed by atoms with van der Waals surface area (Å²) in [6.07, 6.45) is -1.35. The summed E-state index contributed by atoms with van der Waals surface area (Å²) in [5.41, 5.74) is 15.0. The van der Waals surface area contributed by atoms with Crippen molar-refractivity contribution in [2.75, 3.05) is 13.2 Å². The van der Waals surface area contributed by atoms with Crippen molar-refractivity contribution in [3.8, 4) is 0 Å². The third kappa shape index (κ3) is 9.44. The van der Waals surface area contributed by atoms with Crippen LogP contribution in [0.2, 0.25) is 0 Å². The van der Waals surface area contributed by atoms with Gasteiger partial charge in [0.2, 0.25) is 29.5 Å². The van der Waals surface area contributed by atoms with Crippen molar-refractivity contribution >= 4 is 35.5 Å². The van der Waals surface area contributed by atoms with Gasteiger partial charge in [0.15, 0.2) is 0 Å². The fraction of sp³-hybridized carbons (Fsp3) is 0.571.